The molecule has 0 heterocycles. The summed E-state index contributed by atoms with van der Waals surface area (Å²) in [4.78, 5) is 27.8. The Morgan fingerprint density at radius 1 is 0.682 bits per heavy atom. The zero-order valence-corrected chi connectivity index (χ0v) is 14.5. The van der Waals surface area contributed by atoms with E-state index >= 15 is 0 Å². The van der Waals surface area contributed by atoms with Crippen molar-refractivity contribution >= 4 is 18.5 Å². The Morgan fingerprint density at radius 3 is 0.864 bits per heavy atom. The van der Waals surface area contributed by atoms with Crippen molar-refractivity contribution in [2.24, 2.45) is 0 Å². The molecule has 0 aromatic heterocycles. The summed E-state index contributed by atoms with van der Waals surface area (Å²) in [5.74, 6) is 0. The number of carbonyl (C=O) groups excluding carboxylic acids is 3. The van der Waals surface area contributed by atoms with E-state index in [4.69, 9.17) is 0 Å². The van der Waals surface area contributed by atoms with Gasteiger partial charge in [0.2, 0.25) is 0 Å². The molecule has 0 atom stereocenters. The molecule has 0 aromatic carbocycles. The number of rotatable bonds is 4. The van der Waals surface area contributed by atoms with Gasteiger partial charge in [0.15, 0.2) is 0 Å². The molecule has 0 aliphatic heterocycles. The number of carboxylic acid groups (broad SMARTS) is 3. The summed E-state index contributed by atoms with van der Waals surface area (Å²) in [5, 5.41) is 27.8. The van der Waals surface area contributed by atoms with Crippen molar-refractivity contribution in [2.45, 2.75) is 27.7 Å². The molecule has 11 heteroatoms. The molecule has 0 radical (unpaired) electrons. The molecule has 0 N–H and O–H groups in total. The second-order valence-electron chi connectivity index (χ2n) is 2.48. The Labute approximate surface area is 141 Å². The predicted molar refractivity (Wildman–Crippen MR) is 62.7 cm³/mol. The Morgan fingerprint density at radius 2 is 0.864 bits per heavy atom. The fourth-order valence-electron chi connectivity index (χ4n) is 0.354. The van der Waals surface area contributed by atoms with Gasteiger partial charge < -0.3 is 43.9 Å². The van der Waals surface area contributed by atoms with E-state index in [1.165, 1.54) is 0 Å². The van der Waals surface area contributed by atoms with Crippen LogP contribution in [-0.2, 0) is 38.4 Å². The third kappa shape index (κ3) is 78.5. The van der Waals surface area contributed by atoms with Gasteiger partial charge in [0, 0.05) is 19.8 Å². The van der Waals surface area contributed by atoms with Gasteiger partial charge in [-0.2, -0.15) is 0 Å². The van der Waals surface area contributed by atoms with E-state index in [1.54, 1.807) is 41.6 Å². The van der Waals surface area contributed by atoms with E-state index in [1.807, 2.05) is 6.92 Å². The normalized spacial score (nSPS) is 7.55. The van der Waals surface area contributed by atoms with Crippen molar-refractivity contribution in [2.75, 3.05) is 26.4 Å². The van der Waals surface area contributed by atoms with Crippen LogP contribution in [0.1, 0.15) is 27.7 Å². The number of ether oxygens (including phenoxy) is 3. The summed E-state index contributed by atoms with van der Waals surface area (Å²) >= 11 is 1.68. The van der Waals surface area contributed by atoms with Gasteiger partial charge in [0.05, 0.1) is 0 Å². The van der Waals surface area contributed by atoms with E-state index < -0.39 is 18.5 Å². The van der Waals surface area contributed by atoms with E-state index in [9.17, 15) is 29.7 Å². The molecule has 10 nitrogen and oxygen atoms in total. The van der Waals surface area contributed by atoms with E-state index in [0.29, 0.717) is 0 Å². The quantitative estimate of drug-likeness (QED) is 0.331. The van der Waals surface area contributed by atoms with Crippen molar-refractivity contribution in [3.63, 3.8) is 0 Å². The van der Waals surface area contributed by atoms with Gasteiger partial charge in [0.25, 0.3) is 18.5 Å². The predicted octanol–water partition coefficient (Wildman–Crippen LogP) is -1.42. The molecule has 0 fully saturated rings. The van der Waals surface area contributed by atoms with E-state index in [-0.39, 0.29) is 19.8 Å². The van der Waals surface area contributed by atoms with Crippen LogP contribution in [0.3, 0.4) is 0 Å². The third-order valence-electron chi connectivity index (χ3n) is 0.931. The molecule has 0 spiro atoms. The summed E-state index contributed by atoms with van der Waals surface area (Å²) in [7, 11) is 0. The average molecular weight is 360 g/mol. The van der Waals surface area contributed by atoms with Gasteiger partial charge in [-0.15, -0.1) is 0 Å². The van der Waals surface area contributed by atoms with Crippen molar-refractivity contribution in [3.05, 3.63) is 0 Å². The fourth-order valence-corrected chi connectivity index (χ4v) is 0.354. The van der Waals surface area contributed by atoms with Crippen LogP contribution in [0.25, 0.3) is 0 Å². The first-order valence-electron chi connectivity index (χ1n) is 6.02. The molecule has 0 unspecified atom stereocenters. The van der Waals surface area contributed by atoms with Crippen LogP contribution in [0, 0.1) is 0 Å². The Balaban J connectivity index is -0.0000000994. The number of hydrogen-bond acceptors (Lipinski definition) is 10. The standard InChI is InChI=1S/3C3H6O3.C2H5O.Ti/c3*1-2-6-3(4)5;1-2-3;/h3*2H2,1H3,(H,4,5);2H2,1H3;/q;;;-1;+4/p-3. The summed E-state index contributed by atoms with van der Waals surface area (Å²) in [6, 6.07) is 0. The van der Waals surface area contributed by atoms with Crippen molar-refractivity contribution in [3.8, 4) is 0 Å². The number of hydrogen-bond donors (Lipinski definition) is 0. The van der Waals surface area contributed by atoms with E-state index in [2.05, 4.69) is 17.5 Å². The molecule has 0 aromatic rings. The molecule has 0 amide bonds. The molecule has 0 rings (SSSR count). The molecule has 0 bridgehead atoms. The molecule has 0 aliphatic rings. The minimum atomic E-state index is -1.46. The van der Waals surface area contributed by atoms with Gasteiger partial charge in [-0.1, -0.05) is 0 Å². The average Bonchev–Trinajstić information content (AvgIpc) is 2.40. The molecular weight excluding hydrogens is 340 g/mol. The first-order valence-corrected chi connectivity index (χ1v) is 6.66. The summed E-state index contributed by atoms with van der Waals surface area (Å²) < 4.78 is 16.1. The number of carbonyl (C=O) groups is 3. The molecule has 128 valence electrons. The van der Waals surface area contributed by atoms with Crippen LogP contribution < -0.4 is 15.3 Å². The van der Waals surface area contributed by atoms with Crippen LogP contribution in [-0.4, -0.2) is 44.9 Å². The van der Waals surface area contributed by atoms with E-state index in [0.717, 1.165) is 6.61 Å². The first kappa shape index (κ1) is 28.6. The minimum absolute atomic E-state index is 0.169. The summed E-state index contributed by atoms with van der Waals surface area (Å²) in [5.41, 5.74) is 0. The molecular formula is C11H20O10Ti. The Kier molecular flexibility index (Phi) is 36.1. The van der Waals surface area contributed by atoms with Gasteiger partial charge >= 0.3 is 37.7 Å². The summed E-state index contributed by atoms with van der Waals surface area (Å²) in [6.45, 7) is 8.02. The topological polar surface area (TPSA) is 157 Å². The maximum absolute atomic E-state index is 9.27. The Hall–Kier alpha value is -1.52. The SMILES string of the molecule is CCOC(=O)[O-].CCOC(=O)[O-].CCOC(=O)[O-].CC[O][Ti+3]. The third-order valence-corrected chi connectivity index (χ3v) is 1.38. The summed E-state index contributed by atoms with van der Waals surface area (Å²) in [6.07, 6.45) is -4.38. The van der Waals surface area contributed by atoms with Crippen LogP contribution in [0.15, 0.2) is 0 Å². The van der Waals surface area contributed by atoms with Crippen LogP contribution in [0.2, 0.25) is 0 Å². The van der Waals surface area contributed by atoms with Crippen LogP contribution in [0.4, 0.5) is 14.4 Å². The zero-order chi connectivity index (χ0) is 18.4. The van der Waals surface area contributed by atoms with Gasteiger partial charge in [-0.3, -0.25) is 0 Å². The molecule has 22 heavy (non-hydrogen) atoms. The van der Waals surface area contributed by atoms with Crippen molar-refractivity contribution in [1.82, 2.24) is 0 Å². The first-order chi connectivity index (χ1) is 10.2. The van der Waals surface area contributed by atoms with Crippen molar-refractivity contribution < 1.29 is 68.1 Å². The van der Waals surface area contributed by atoms with Gasteiger partial charge in [-0.25, -0.2) is 0 Å². The fraction of sp³-hybridized carbons (Fsp3) is 0.727. The van der Waals surface area contributed by atoms with Gasteiger partial charge in [-0.05, 0) is 20.8 Å². The maximum atomic E-state index is 9.27. The van der Waals surface area contributed by atoms with Gasteiger partial charge in [0.1, 0.15) is 0 Å². The molecule has 0 saturated heterocycles. The monoisotopic (exact) mass is 360 g/mol. The van der Waals surface area contributed by atoms with Crippen LogP contribution in [0.5, 0.6) is 0 Å². The zero-order valence-electron chi connectivity index (χ0n) is 12.9. The molecule has 0 aliphatic carbocycles. The molecule has 0 saturated carbocycles. The van der Waals surface area contributed by atoms with Crippen molar-refractivity contribution in [1.29, 1.82) is 0 Å². The van der Waals surface area contributed by atoms with Crippen LogP contribution >= 0.6 is 0 Å². The Bertz CT molecular complexity index is 219. The second kappa shape index (κ2) is 27.8. The second-order valence-corrected chi connectivity index (χ2v) is 2.93.